The van der Waals surface area contributed by atoms with Gasteiger partial charge in [0.15, 0.2) is 6.29 Å². The molecule has 0 amide bonds. The highest BCUT2D eigenvalue weighted by Crippen LogP contribution is 2.30. The molecule has 170 valence electrons. The Balaban J connectivity index is 2.00. The van der Waals surface area contributed by atoms with Crippen LogP contribution in [0.5, 0.6) is 0 Å². The smallest absolute Gasteiger partial charge is 0.364 e. The number of carboxylic acid groups (broad SMARTS) is 1. The first-order valence-corrected chi connectivity index (χ1v) is 8.71. The first-order valence-electron chi connectivity index (χ1n) is 8.71. The molecule has 14 nitrogen and oxygen atoms in total. The fourth-order valence-electron chi connectivity index (χ4n) is 3.09. The zero-order valence-electron chi connectivity index (χ0n) is 15.0. The highest BCUT2D eigenvalue weighted by molar-refractivity contribution is 5.75. The van der Waals surface area contributed by atoms with Gasteiger partial charge in [-0.15, -0.1) is 0 Å². The lowest BCUT2D eigenvalue weighted by Crippen LogP contribution is -2.63. The molecule has 0 bridgehead atoms. The van der Waals surface area contributed by atoms with Crippen molar-refractivity contribution in [3.63, 3.8) is 0 Å². The van der Waals surface area contributed by atoms with Gasteiger partial charge in [-0.3, -0.25) is 0 Å². The maximum Gasteiger partial charge on any atom is 0.364 e. The summed E-state index contributed by atoms with van der Waals surface area (Å²) >= 11 is 0. The lowest BCUT2D eigenvalue weighted by atomic mass is 9.91. The summed E-state index contributed by atoms with van der Waals surface area (Å²) in [5, 5.41) is 97.1. The Hall–Kier alpha value is -1.01. The van der Waals surface area contributed by atoms with Crippen LogP contribution in [0.15, 0.2) is 0 Å². The number of aliphatic carboxylic acids is 1. The molecule has 2 heterocycles. The van der Waals surface area contributed by atoms with E-state index in [1.54, 1.807) is 0 Å². The van der Waals surface area contributed by atoms with E-state index in [-0.39, 0.29) is 0 Å². The molecule has 0 spiro atoms. The van der Waals surface area contributed by atoms with Crippen molar-refractivity contribution in [1.82, 2.24) is 0 Å². The Labute approximate surface area is 163 Å². The molecule has 0 aromatic heterocycles. The van der Waals surface area contributed by atoms with E-state index >= 15 is 0 Å². The van der Waals surface area contributed by atoms with Crippen molar-refractivity contribution < 1.29 is 70.1 Å². The van der Waals surface area contributed by atoms with Crippen molar-refractivity contribution in [2.24, 2.45) is 0 Å². The van der Waals surface area contributed by atoms with Crippen molar-refractivity contribution in [1.29, 1.82) is 0 Å². The lowest BCUT2D eigenvalue weighted by molar-refractivity contribution is -0.321. The highest BCUT2D eigenvalue weighted by atomic mass is 16.7. The normalized spacial score (nSPS) is 45.6. The van der Waals surface area contributed by atoms with E-state index in [2.05, 4.69) is 0 Å². The van der Waals surface area contributed by atoms with Gasteiger partial charge in [0, 0.05) is 6.42 Å². The number of aliphatic hydroxyl groups is 9. The van der Waals surface area contributed by atoms with Crippen molar-refractivity contribution in [2.45, 2.75) is 73.4 Å². The van der Waals surface area contributed by atoms with Gasteiger partial charge in [-0.2, -0.15) is 0 Å². The quantitative estimate of drug-likeness (QED) is 0.180. The third-order valence-electron chi connectivity index (χ3n) is 4.89. The van der Waals surface area contributed by atoms with Gasteiger partial charge in [0.25, 0.3) is 5.79 Å². The molecular weight excluding hydrogens is 404 g/mol. The third-order valence-corrected chi connectivity index (χ3v) is 4.89. The van der Waals surface area contributed by atoms with E-state index in [4.69, 9.17) is 24.4 Å². The zero-order valence-corrected chi connectivity index (χ0v) is 15.0. The molecule has 14 heteroatoms. The number of hydrogen-bond acceptors (Lipinski definition) is 13. The number of aliphatic hydroxyl groups excluding tert-OH is 8. The molecule has 10 N–H and O–H groups in total. The first kappa shape index (κ1) is 24.3. The topological polar surface area (TPSA) is 247 Å². The van der Waals surface area contributed by atoms with Crippen LogP contribution in [0.25, 0.3) is 0 Å². The molecule has 0 unspecified atom stereocenters. The molecule has 0 aromatic rings. The Kier molecular flexibility index (Phi) is 7.88. The Morgan fingerprint density at radius 3 is 2.24 bits per heavy atom. The summed E-state index contributed by atoms with van der Waals surface area (Å²) < 4.78 is 14.9. The van der Waals surface area contributed by atoms with E-state index in [9.17, 15) is 45.6 Å². The molecule has 0 saturated carbocycles. The summed E-state index contributed by atoms with van der Waals surface area (Å²) in [4.78, 5) is 11.1. The van der Waals surface area contributed by atoms with Crippen LogP contribution in [0, 0.1) is 0 Å². The van der Waals surface area contributed by atoms with Gasteiger partial charge in [-0.1, -0.05) is 0 Å². The van der Waals surface area contributed by atoms with Crippen molar-refractivity contribution >= 4 is 5.97 Å². The molecule has 2 aliphatic rings. The molecule has 2 saturated heterocycles. The van der Waals surface area contributed by atoms with Crippen molar-refractivity contribution in [3.8, 4) is 0 Å². The minimum Gasteiger partial charge on any atom is -0.477 e. The van der Waals surface area contributed by atoms with Gasteiger partial charge in [0.1, 0.15) is 48.8 Å². The summed E-state index contributed by atoms with van der Waals surface area (Å²) in [5.74, 6) is -4.80. The van der Waals surface area contributed by atoms with Gasteiger partial charge in [0.05, 0.1) is 19.3 Å². The molecule has 2 fully saturated rings. The summed E-state index contributed by atoms with van der Waals surface area (Å²) in [6.45, 7) is -1.53. The second-order valence-electron chi connectivity index (χ2n) is 7.02. The van der Waals surface area contributed by atoms with Gasteiger partial charge < -0.3 is 65.3 Å². The first-order chi connectivity index (χ1) is 13.4. The predicted octanol–water partition coefficient (Wildman–Crippen LogP) is -6.19. The largest absolute Gasteiger partial charge is 0.477 e. The number of rotatable bonds is 7. The molecule has 0 aliphatic carbocycles. The predicted molar refractivity (Wildman–Crippen MR) is 85.8 cm³/mol. The van der Waals surface area contributed by atoms with Gasteiger partial charge >= 0.3 is 5.97 Å². The Morgan fingerprint density at radius 2 is 1.69 bits per heavy atom. The van der Waals surface area contributed by atoms with Crippen LogP contribution in [-0.2, 0) is 19.0 Å². The maximum atomic E-state index is 11.1. The van der Waals surface area contributed by atoms with Crippen molar-refractivity contribution in [2.75, 3.05) is 13.2 Å². The average Bonchev–Trinajstić information content (AvgIpc) is 2.67. The highest BCUT2D eigenvalue weighted by Gasteiger charge is 2.53. The average molecular weight is 430 g/mol. The molecule has 0 radical (unpaired) electrons. The van der Waals surface area contributed by atoms with Crippen molar-refractivity contribution in [3.05, 3.63) is 0 Å². The van der Waals surface area contributed by atoms with Crippen LogP contribution in [0.1, 0.15) is 6.42 Å². The molecule has 2 aliphatic heterocycles. The fraction of sp³-hybridized carbons (Fsp3) is 0.933. The molecule has 0 aromatic carbocycles. The Bertz CT molecular complexity index is 559. The second kappa shape index (κ2) is 9.42. The van der Waals surface area contributed by atoms with E-state index in [1.165, 1.54) is 0 Å². The van der Waals surface area contributed by atoms with E-state index < -0.39 is 92.6 Å². The van der Waals surface area contributed by atoms with Crippen LogP contribution >= 0.6 is 0 Å². The fourth-order valence-corrected chi connectivity index (χ4v) is 3.09. The van der Waals surface area contributed by atoms with Crippen LogP contribution in [0.3, 0.4) is 0 Å². The molecule has 29 heavy (non-hydrogen) atoms. The third kappa shape index (κ3) is 5.01. The minimum atomic E-state index is -2.91. The molecular formula is C15H26O14. The van der Waals surface area contributed by atoms with E-state index in [0.29, 0.717) is 0 Å². The Morgan fingerprint density at radius 1 is 1.07 bits per heavy atom. The zero-order chi connectivity index (χ0) is 22.1. The number of carboxylic acids is 1. The van der Waals surface area contributed by atoms with Gasteiger partial charge in [0.2, 0.25) is 0 Å². The standard InChI is InChI=1S/C15H26O14/c16-2-6-9(21)10(22)11(23)13(28-6)27-3-5(18)8(20)12-7(19)4(17)1-15(26,29-12)14(24)25/h4-13,16-23,26H,1-3H2,(H,24,25)/t4-,5+,6+,7+,8+,9+,10-,11+,12+,13+,15-/m0/s1. The summed E-state index contributed by atoms with van der Waals surface area (Å²) in [6, 6.07) is 0. The van der Waals surface area contributed by atoms with Gasteiger partial charge in [-0.25, -0.2) is 4.79 Å². The second-order valence-corrected chi connectivity index (χ2v) is 7.02. The number of carbonyl (C=O) groups is 1. The monoisotopic (exact) mass is 430 g/mol. The lowest BCUT2D eigenvalue weighted by Gasteiger charge is -2.43. The summed E-state index contributed by atoms with van der Waals surface area (Å²) in [5.41, 5.74) is 0. The van der Waals surface area contributed by atoms with Crippen LogP contribution in [-0.4, -0.2) is 137 Å². The molecule has 2 rings (SSSR count). The van der Waals surface area contributed by atoms with Crippen LogP contribution in [0.4, 0.5) is 0 Å². The number of ether oxygens (including phenoxy) is 3. The molecule has 11 atom stereocenters. The van der Waals surface area contributed by atoms with Crippen LogP contribution in [0.2, 0.25) is 0 Å². The maximum absolute atomic E-state index is 11.1. The SMILES string of the molecule is O=C(O)[C@]1(O)C[C@H](O)[C@@H](O)[C@H]([C@H](O)[C@H](O)CO[C@@H]2O[C@H](CO)[C@@H](O)[C@H](O)[C@H]2O)O1. The van der Waals surface area contributed by atoms with Gasteiger partial charge in [-0.05, 0) is 0 Å². The summed E-state index contributed by atoms with van der Waals surface area (Å²) in [7, 11) is 0. The van der Waals surface area contributed by atoms with Crippen LogP contribution < -0.4 is 0 Å². The minimum absolute atomic E-state index is 0.719. The van der Waals surface area contributed by atoms with E-state index in [0.717, 1.165) is 0 Å². The van der Waals surface area contributed by atoms with E-state index in [1.807, 2.05) is 0 Å². The number of hydrogen-bond donors (Lipinski definition) is 10. The summed E-state index contributed by atoms with van der Waals surface area (Å²) in [6.07, 6.45) is -18.4.